The maximum absolute atomic E-state index is 5.53. The van der Waals surface area contributed by atoms with Crippen LogP contribution in [0.15, 0.2) is 212 Å². The van der Waals surface area contributed by atoms with Gasteiger partial charge in [-0.05, 0) is 76.5 Å². The van der Waals surface area contributed by atoms with Gasteiger partial charge in [0.05, 0.1) is 28.3 Å². The number of aromatic nitrogens is 2. The largest absolute Gasteiger partial charge is 0.310 e. The van der Waals surface area contributed by atoms with Gasteiger partial charge in [-0.25, -0.2) is 9.97 Å². The van der Waals surface area contributed by atoms with Crippen LogP contribution in [0, 0.1) is 0 Å². The summed E-state index contributed by atoms with van der Waals surface area (Å²) in [7, 11) is 0. The van der Waals surface area contributed by atoms with Gasteiger partial charge in [-0.1, -0.05) is 158 Å². The molecular formula is C52H35N3. The maximum atomic E-state index is 5.53. The molecule has 2 aromatic heterocycles. The monoisotopic (exact) mass is 701 g/mol. The fourth-order valence-corrected chi connectivity index (χ4v) is 7.84. The highest BCUT2D eigenvalue weighted by Crippen LogP contribution is 2.45. The van der Waals surface area contributed by atoms with Gasteiger partial charge in [0.15, 0.2) is 0 Å². The van der Waals surface area contributed by atoms with Crippen LogP contribution in [-0.4, -0.2) is 9.97 Å². The van der Waals surface area contributed by atoms with Crippen LogP contribution in [0.25, 0.3) is 77.3 Å². The van der Waals surface area contributed by atoms with E-state index in [4.69, 9.17) is 9.97 Å². The van der Waals surface area contributed by atoms with Crippen molar-refractivity contribution in [2.75, 3.05) is 4.90 Å². The van der Waals surface area contributed by atoms with Crippen LogP contribution in [-0.2, 0) is 0 Å². The van der Waals surface area contributed by atoms with Crippen LogP contribution in [0.1, 0.15) is 0 Å². The second kappa shape index (κ2) is 13.9. The van der Waals surface area contributed by atoms with Gasteiger partial charge in [0.2, 0.25) is 0 Å². The minimum absolute atomic E-state index is 0.918. The Morgan fingerprint density at radius 3 is 1.60 bits per heavy atom. The van der Waals surface area contributed by atoms with Gasteiger partial charge in [0, 0.05) is 44.2 Å². The van der Waals surface area contributed by atoms with Gasteiger partial charge in [0.25, 0.3) is 0 Å². The molecule has 0 atom stereocenters. The summed E-state index contributed by atoms with van der Waals surface area (Å²) in [5, 5.41) is 5.80. The molecule has 258 valence electrons. The summed E-state index contributed by atoms with van der Waals surface area (Å²) in [6.07, 6.45) is 0. The minimum atomic E-state index is 0.918. The molecule has 0 radical (unpaired) electrons. The van der Waals surface area contributed by atoms with E-state index in [-0.39, 0.29) is 0 Å². The molecule has 3 nitrogen and oxygen atoms in total. The number of rotatable bonds is 7. The number of anilines is 3. The molecule has 0 unspecified atom stereocenters. The van der Waals surface area contributed by atoms with E-state index in [1.54, 1.807) is 0 Å². The number of para-hydroxylation sites is 2. The Balaban J connectivity index is 1.21. The third kappa shape index (κ3) is 5.98. The first kappa shape index (κ1) is 32.3. The first-order chi connectivity index (χ1) is 27.3. The second-order valence-corrected chi connectivity index (χ2v) is 13.8. The van der Waals surface area contributed by atoms with Gasteiger partial charge >= 0.3 is 0 Å². The summed E-state index contributed by atoms with van der Waals surface area (Å²) in [5.74, 6) is 0. The lowest BCUT2D eigenvalue weighted by Crippen LogP contribution is -2.10. The van der Waals surface area contributed by atoms with E-state index >= 15 is 0 Å². The lowest BCUT2D eigenvalue weighted by atomic mass is 9.93. The molecule has 3 heteroatoms. The summed E-state index contributed by atoms with van der Waals surface area (Å²) in [6, 6.07) is 74.9. The van der Waals surface area contributed by atoms with E-state index in [0.717, 1.165) is 78.3 Å². The zero-order valence-electron chi connectivity index (χ0n) is 30.0. The van der Waals surface area contributed by atoms with Gasteiger partial charge in [-0.2, -0.15) is 0 Å². The van der Waals surface area contributed by atoms with E-state index in [1.165, 1.54) is 16.2 Å². The van der Waals surface area contributed by atoms with Crippen LogP contribution >= 0.6 is 0 Å². The molecule has 2 heterocycles. The average Bonchev–Trinajstić information content (AvgIpc) is 3.27. The summed E-state index contributed by atoms with van der Waals surface area (Å²) in [4.78, 5) is 13.1. The predicted molar refractivity (Wildman–Crippen MR) is 231 cm³/mol. The minimum Gasteiger partial charge on any atom is -0.310 e. The molecule has 0 aliphatic rings. The molecule has 0 aliphatic carbocycles. The van der Waals surface area contributed by atoms with Gasteiger partial charge in [-0.3, -0.25) is 0 Å². The van der Waals surface area contributed by atoms with E-state index in [1.807, 2.05) is 6.07 Å². The second-order valence-electron chi connectivity index (χ2n) is 13.8. The normalized spacial score (nSPS) is 11.3. The lowest BCUT2D eigenvalue weighted by molar-refractivity contribution is 1.29. The van der Waals surface area contributed by atoms with Crippen LogP contribution in [0.4, 0.5) is 17.1 Å². The molecule has 10 aromatic rings. The molecule has 0 fully saturated rings. The fourth-order valence-electron chi connectivity index (χ4n) is 7.84. The third-order valence-corrected chi connectivity index (χ3v) is 10.4. The zero-order valence-corrected chi connectivity index (χ0v) is 30.0. The van der Waals surface area contributed by atoms with Crippen molar-refractivity contribution in [2.24, 2.45) is 0 Å². The van der Waals surface area contributed by atoms with Crippen molar-refractivity contribution in [1.82, 2.24) is 9.97 Å². The smallest absolute Gasteiger partial charge is 0.0788 e. The van der Waals surface area contributed by atoms with Crippen molar-refractivity contribution >= 4 is 49.5 Å². The number of pyridine rings is 2. The highest BCUT2D eigenvalue weighted by molar-refractivity contribution is 6.26. The SMILES string of the molecule is c1ccc(-c2cc(-c3ccccc3)nc(-c3cccc(-c4nc5cccc(N(c6ccccc6)c6ccccc6)c5c5c4ccc4ccccc45)c3)c2)cc1. The maximum Gasteiger partial charge on any atom is 0.0788 e. The van der Waals surface area contributed by atoms with Crippen molar-refractivity contribution in [3.05, 3.63) is 212 Å². The Morgan fingerprint density at radius 1 is 0.327 bits per heavy atom. The quantitative estimate of drug-likeness (QED) is 0.155. The molecule has 0 amide bonds. The van der Waals surface area contributed by atoms with Crippen LogP contribution in [0.5, 0.6) is 0 Å². The Kier molecular flexibility index (Phi) is 8.16. The van der Waals surface area contributed by atoms with Crippen molar-refractivity contribution in [2.45, 2.75) is 0 Å². The van der Waals surface area contributed by atoms with E-state index in [9.17, 15) is 0 Å². The summed E-state index contributed by atoms with van der Waals surface area (Å²) in [6.45, 7) is 0. The molecule has 0 N–H and O–H groups in total. The Labute approximate surface area is 320 Å². The van der Waals surface area contributed by atoms with Gasteiger partial charge in [-0.15, -0.1) is 0 Å². The molecule has 0 spiro atoms. The first-order valence-corrected chi connectivity index (χ1v) is 18.7. The van der Waals surface area contributed by atoms with Crippen LogP contribution in [0.2, 0.25) is 0 Å². The summed E-state index contributed by atoms with van der Waals surface area (Å²) in [5.41, 5.74) is 12.5. The highest BCUT2D eigenvalue weighted by Gasteiger charge is 2.21. The standard InChI is InChI=1S/C52H35N3/c1-5-17-36(18-6-1)41-34-47(38-20-7-2-8-21-38)53-48(35-41)39-22-15-23-40(33-39)52-45-32-31-37-19-13-14-28-44(37)50(45)51-46(54-52)29-16-30-49(51)55(42-24-9-3-10-25-42)43-26-11-4-12-27-43/h1-35H. The number of nitrogens with zero attached hydrogens (tertiary/aromatic N) is 3. The predicted octanol–water partition coefficient (Wildman–Crippen LogP) is 14.1. The topological polar surface area (TPSA) is 29.0 Å². The van der Waals surface area contributed by atoms with Crippen molar-refractivity contribution in [3.8, 4) is 44.9 Å². The Hall–Kier alpha value is -7.36. The van der Waals surface area contributed by atoms with Crippen molar-refractivity contribution in [1.29, 1.82) is 0 Å². The molecule has 0 saturated carbocycles. The molecule has 0 bridgehead atoms. The highest BCUT2D eigenvalue weighted by atomic mass is 15.1. The molecule has 8 aromatic carbocycles. The van der Waals surface area contributed by atoms with Gasteiger partial charge < -0.3 is 4.90 Å². The van der Waals surface area contributed by atoms with E-state index < -0.39 is 0 Å². The number of hydrogen-bond acceptors (Lipinski definition) is 3. The molecule has 55 heavy (non-hydrogen) atoms. The number of hydrogen-bond donors (Lipinski definition) is 0. The Bertz CT molecular complexity index is 2860. The zero-order chi connectivity index (χ0) is 36.6. The van der Waals surface area contributed by atoms with Crippen molar-refractivity contribution in [3.63, 3.8) is 0 Å². The molecule has 10 rings (SSSR count). The lowest BCUT2D eigenvalue weighted by Gasteiger charge is -2.27. The number of fused-ring (bicyclic) bond motifs is 5. The van der Waals surface area contributed by atoms with Crippen LogP contribution < -0.4 is 4.90 Å². The van der Waals surface area contributed by atoms with E-state index in [0.29, 0.717) is 0 Å². The average molecular weight is 702 g/mol. The first-order valence-electron chi connectivity index (χ1n) is 18.7. The molecule has 0 saturated heterocycles. The fraction of sp³-hybridized carbons (Fsp3) is 0. The molecule has 0 aliphatic heterocycles. The van der Waals surface area contributed by atoms with E-state index in [2.05, 4.69) is 211 Å². The summed E-state index contributed by atoms with van der Waals surface area (Å²) < 4.78 is 0. The van der Waals surface area contributed by atoms with Crippen LogP contribution in [0.3, 0.4) is 0 Å². The Morgan fingerprint density at radius 2 is 0.891 bits per heavy atom. The summed E-state index contributed by atoms with van der Waals surface area (Å²) >= 11 is 0. The van der Waals surface area contributed by atoms with Crippen molar-refractivity contribution < 1.29 is 0 Å². The third-order valence-electron chi connectivity index (χ3n) is 10.4. The molecular weight excluding hydrogens is 667 g/mol. The van der Waals surface area contributed by atoms with Gasteiger partial charge in [0.1, 0.15) is 0 Å². The number of benzene rings is 8.